The second kappa shape index (κ2) is 9.72. The van der Waals surface area contributed by atoms with Crippen LogP contribution in [0.15, 0.2) is 42.9 Å². The smallest absolute Gasteiger partial charge is 0.156 e. The lowest BCUT2D eigenvalue weighted by Gasteiger charge is -2.28. The van der Waals surface area contributed by atoms with E-state index in [4.69, 9.17) is 15.2 Å². The van der Waals surface area contributed by atoms with Crippen molar-refractivity contribution in [3.63, 3.8) is 0 Å². The Hall–Kier alpha value is -3.96. The van der Waals surface area contributed by atoms with Gasteiger partial charge in [0.1, 0.15) is 17.3 Å². The van der Waals surface area contributed by atoms with Crippen LogP contribution in [-0.4, -0.2) is 59.3 Å². The molecule has 1 aromatic carbocycles. The Morgan fingerprint density at radius 1 is 1.20 bits per heavy atom. The number of nitrogens with zero attached hydrogens (tertiary/aromatic N) is 5. The van der Waals surface area contributed by atoms with E-state index in [-0.39, 0.29) is 12.6 Å². The summed E-state index contributed by atoms with van der Waals surface area (Å²) in [6.45, 7) is 5.26. The second-order valence-corrected chi connectivity index (χ2v) is 8.26. The van der Waals surface area contributed by atoms with Crippen molar-refractivity contribution >= 4 is 33.7 Å². The first kappa shape index (κ1) is 22.8. The Balaban J connectivity index is 1.63. The molecule has 6 N–H and O–H groups in total. The van der Waals surface area contributed by atoms with Gasteiger partial charge in [0.05, 0.1) is 40.6 Å². The summed E-state index contributed by atoms with van der Waals surface area (Å²) in [5.74, 6) is 1.19. The number of fused-ring (bicyclic) bond motifs is 2. The van der Waals surface area contributed by atoms with Gasteiger partial charge in [-0.25, -0.2) is 15.0 Å². The van der Waals surface area contributed by atoms with Crippen molar-refractivity contribution < 1.29 is 10.2 Å². The number of aliphatic hydroxyl groups is 2. The van der Waals surface area contributed by atoms with Crippen LogP contribution in [0.3, 0.4) is 0 Å². The zero-order valence-corrected chi connectivity index (χ0v) is 19.7. The molecule has 5 rings (SSSR count). The van der Waals surface area contributed by atoms with Gasteiger partial charge in [-0.15, -0.1) is 0 Å². The highest BCUT2D eigenvalue weighted by molar-refractivity contribution is 5.97. The Labute approximate surface area is 202 Å². The van der Waals surface area contributed by atoms with E-state index in [1.54, 1.807) is 18.5 Å². The Bertz CT molecular complexity index is 1350. The van der Waals surface area contributed by atoms with Crippen molar-refractivity contribution in [1.29, 1.82) is 0 Å². The molecule has 11 nitrogen and oxygen atoms in total. The van der Waals surface area contributed by atoms with Gasteiger partial charge in [-0.2, -0.15) is 5.10 Å². The molecule has 0 aliphatic carbocycles. The quantitative estimate of drug-likeness (QED) is 0.214. The molecule has 0 saturated carbocycles. The third kappa shape index (κ3) is 4.43. The minimum Gasteiger partial charge on any atom is -0.395 e. The number of anilines is 2. The van der Waals surface area contributed by atoms with Crippen molar-refractivity contribution in [2.24, 2.45) is 0 Å². The fourth-order valence-corrected chi connectivity index (χ4v) is 4.21. The fraction of sp³-hybridized carbons (Fsp3) is 0.333. The van der Waals surface area contributed by atoms with Gasteiger partial charge >= 0.3 is 0 Å². The molecule has 0 bridgehead atoms. The van der Waals surface area contributed by atoms with E-state index in [9.17, 15) is 5.11 Å². The zero-order chi connectivity index (χ0) is 24.4. The molecule has 35 heavy (non-hydrogen) atoms. The Morgan fingerprint density at radius 2 is 2.03 bits per heavy atom. The number of rotatable bonds is 9. The van der Waals surface area contributed by atoms with Crippen LogP contribution in [0.2, 0.25) is 0 Å². The van der Waals surface area contributed by atoms with Crippen LogP contribution in [0, 0.1) is 0 Å². The molecule has 0 amide bonds. The molecule has 4 aromatic rings. The largest absolute Gasteiger partial charge is 0.395 e. The summed E-state index contributed by atoms with van der Waals surface area (Å²) in [5, 5.41) is 34.9. The van der Waals surface area contributed by atoms with Gasteiger partial charge in [-0.1, -0.05) is 6.92 Å². The van der Waals surface area contributed by atoms with Gasteiger partial charge in [0.15, 0.2) is 6.23 Å². The van der Waals surface area contributed by atoms with Crippen molar-refractivity contribution in [2.45, 2.75) is 39.1 Å². The molecular formula is C24H29N9O2. The number of benzene rings is 1. The summed E-state index contributed by atoms with van der Waals surface area (Å²) in [4.78, 5) is 17.0. The minimum absolute atomic E-state index is 0.0442. The molecule has 4 heterocycles. The van der Waals surface area contributed by atoms with Crippen molar-refractivity contribution in [3.8, 4) is 0 Å². The SMILES string of the molecule is CC[C@H](NC1=C(c2nc3ccc(NCCO)cc3[nH]2)C(O)Nc2cn(CC)nc21)c1ncccn1. The van der Waals surface area contributed by atoms with E-state index < -0.39 is 6.23 Å². The highest BCUT2D eigenvalue weighted by Gasteiger charge is 2.32. The van der Waals surface area contributed by atoms with E-state index in [1.807, 2.05) is 36.0 Å². The summed E-state index contributed by atoms with van der Waals surface area (Å²) in [7, 11) is 0. The lowest BCUT2D eigenvalue weighted by Crippen LogP contribution is -2.32. The number of hydrogen-bond donors (Lipinski definition) is 6. The van der Waals surface area contributed by atoms with Gasteiger partial charge in [-0.3, -0.25) is 4.68 Å². The lowest BCUT2D eigenvalue weighted by molar-refractivity contribution is 0.259. The van der Waals surface area contributed by atoms with Crippen LogP contribution >= 0.6 is 0 Å². The molecule has 11 heteroatoms. The van der Waals surface area contributed by atoms with Gasteiger partial charge < -0.3 is 31.1 Å². The molecule has 1 aliphatic rings. The number of nitrogens with one attached hydrogen (secondary N) is 4. The molecule has 0 saturated heterocycles. The number of aliphatic hydroxyl groups excluding tert-OH is 2. The maximum Gasteiger partial charge on any atom is 0.156 e. The number of hydrogen-bond acceptors (Lipinski definition) is 9. The molecule has 3 aromatic heterocycles. The summed E-state index contributed by atoms with van der Waals surface area (Å²) >= 11 is 0. The van der Waals surface area contributed by atoms with Crippen LogP contribution in [0.5, 0.6) is 0 Å². The number of aromatic nitrogens is 6. The predicted molar refractivity (Wildman–Crippen MR) is 134 cm³/mol. The zero-order valence-electron chi connectivity index (χ0n) is 19.7. The van der Waals surface area contributed by atoms with E-state index in [0.717, 1.165) is 28.8 Å². The number of aryl methyl sites for hydroxylation is 1. The molecule has 2 atom stereocenters. The van der Waals surface area contributed by atoms with Crippen molar-refractivity contribution in [1.82, 2.24) is 35.0 Å². The number of H-pyrrole nitrogens is 1. The monoisotopic (exact) mass is 475 g/mol. The van der Waals surface area contributed by atoms with Crippen LogP contribution in [0.25, 0.3) is 22.3 Å². The van der Waals surface area contributed by atoms with E-state index in [2.05, 4.69) is 37.8 Å². The summed E-state index contributed by atoms with van der Waals surface area (Å²) < 4.78 is 1.83. The van der Waals surface area contributed by atoms with Gasteiger partial charge in [0, 0.05) is 37.4 Å². The molecule has 0 fully saturated rings. The standard InChI is InChI=1S/C24H29N9O2/c1-3-15(22-26-8-5-9-27-22)28-21-19(24(35)31-18-13-33(4-2)32-20(18)21)23-29-16-7-6-14(25-10-11-34)12-17(16)30-23/h5-9,12-13,15,24-25,28,31,34-35H,3-4,10-11H2,1-2H3,(H,29,30)/t15-,24?/m0/s1. The van der Waals surface area contributed by atoms with Crippen LogP contribution < -0.4 is 16.0 Å². The van der Waals surface area contributed by atoms with E-state index in [1.165, 1.54) is 0 Å². The first-order valence-electron chi connectivity index (χ1n) is 11.8. The summed E-state index contributed by atoms with van der Waals surface area (Å²) in [5.41, 5.74) is 5.12. The van der Waals surface area contributed by atoms with Gasteiger partial charge in [0.25, 0.3) is 0 Å². The van der Waals surface area contributed by atoms with Crippen molar-refractivity contribution in [2.75, 3.05) is 23.8 Å². The molecule has 0 spiro atoms. The highest BCUT2D eigenvalue weighted by Crippen LogP contribution is 2.37. The summed E-state index contributed by atoms with van der Waals surface area (Å²) in [6.07, 6.45) is 5.04. The number of imidazole rings is 1. The predicted octanol–water partition coefficient (Wildman–Crippen LogP) is 2.33. The maximum atomic E-state index is 11.2. The normalized spacial score (nSPS) is 16.2. The summed E-state index contributed by atoms with van der Waals surface area (Å²) in [6, 6.07) is 7.34. The average Bonchev–Trinajstić information content (AvgIpc) is 3.49. The number of aromatic amines is 1. The fourth-order valence-electron chi connectivity index (χ4n) is 4.21. The molecular weight excluding hydrogens is 446 g/mol. The molecule has 182 valence electrons. The van der Waals surface area contributed by atoms with Gasteiger partial charge in [0.2, 0.25) is 0 Å². The first-order valence-corrected chi connectivity index (χ1v) is 11.8. The van der Waals surface area contributed by atoms with Crippen molar-refractivity contribution in [3.05, 3.63) is 60.2 Å². The van der Waals surface area contributed by atoms with Crippen LogP contribution in [0.4, 0.5) is 11.4 Å². The third-order valence-corrected chi connectivity index (χ3v) is 5.96. The second-order valence-electron chi connectivity index (χ2n) is 8.26. The Kier molecular flexibility index (Phi) is 6.34. The molecule has 0 radical (unpaired) electrons. The minimum atomic E-state index is -1.01. The average molecular weight is 476 g/mol. The Morgan fingerprint density at radius 3 is 2.77 bits per heavy atom. The lowest BCUT2D eigenvalue weighted by atomic mass is 10.0. The highest BCUT2D eigenvalue weighted by atomic mass is 16.3. The maximum absolute atomic E-state index is 11.2. The van der Waals surface area contributed by atoms with E-state index in [0.29, 0.717) is 41.7 Å². The van der Waals surface area contributed by atoms with Gasteiger partial charge in [-0.05, 0) is 37.6 Å². The molecule has 1 aliphatic heterocycles. The third-order valence-electron chi connectivity index (χ3n) is 5.96. The van der Waals surface area contributed by atoms with Crippen LogP contribution in [0.1, 0.15) is 43.7 Å². The van der Waals surface area contributed by atoms with Crippen LogP contribution in [-0.2, 0) is 6.54 Å². The topological polar surface area (TPSA) is 149 Å². The first-order chi connectivity index (χ1) is 17.1. The molecule has 1 unspecified atom stereocenters. The van der Waals surface area contributed by atoms with E-state index >= 15 is 0 Å².